The number of amides is 2. The average Bonchev–Trinajstić information content (AvgIpc) is 3.21. The van der Waals surface area contributed by atoms with Crippen LogP contribution in [0.15, 0.2) is 41.3 Å². The van der Waals surface area contributed by atoms with Crippen molar-refractivity contribution in [3.63, 3.8) is 0 Å². The van der Waals surface area contributed by atoms with Gasteiger partial charge in [0.25, 0.3) is 5.56 Å². The van der Waals surface area contributed by atoms with Gasteiger partial charge in [0, 0.05) is 68.0 Å². The fourth-order valence-electron chi connectivity index (χ4n) is 6.97. The number of rotatable bonds is 6. The van der Waals surface area contributed by atoms with E-state index >= 15 is 0 Å². The van der Waals surface area contributed by atoms with E-state index in [4.69, 9.17) is 9.47 Å². The van der Waals surface area contributed by atoms with E-state index in [-0.39, 0.29) is 60.6 Å². The highest BCUT2D eigenvalue weighted by atomic mass is 19.1. The van der Waals surface area contributed by atoms with Crippen molar-refractivity contribution in [3.8, 4) is 0 Å². The Bertz CT molecular complexity index is 1480. The van der Waals surface area contributed by atoms with Gasteiger partial charge in [0.1, 0.15) is 11.4 Å². The van der Waals surface area contributed by atoms with Crippen LogP contribution in [0.1, 0.15) is 66.5 Å². The normalized spacial score (nSPS) is 25.4. The molecule has 0 unspecified atom stereocenters. The number of ether oxygens (including phenoxy) is 2. The summed E-state index contributed by atoms with van der Waals surface area (Å²) < 4.78 is 26.6. The van der Waals surface area contributed by atoms with Gasteiger partial charge in [-0.3, -0.25) is 19.4 Å². The molecule has 1 aromatic carbocycles. The first-order chi connectivity index (χ1) is 21.5. The Kier molecular flexibility index (Phi) is 9.69. The predicted octanol–water partition coefficient (Wildman–Crippen LogP) is 4.08. The second kappa shape index (κ2) is 13.1. The van der Waals surface area contributed by atoms with Crippen molar-refractivity contribution >= 4 is 17.7 Å². The molecule has 3 aliphatic rings. The molecule has 1 aromatic heterocycles. The number of pyridine rings is 1. The number of nitrogens with zero attached hydrogens (tertiary/aromatic N) is 5. The van der Waals surface area contributed by atoms with Gasteiger partial charge < -0.3 is 23.8 Å². The molecular formula is C35H50FN5O5. The van der Waals surface area contributed by atoms with Crippen LogP contribution < -0.4 is 10.5 Å². The first-order valence-corrected chi connectivity index (χ1v) is 16.4. The smallest absolute Gasteiger partial charge is 0.410 e. The van der Waals surface area contributed by atoms with Crippen LogP contribution >= 0.6 is 0 Å². The molecule has 2 amide bonds. The van der Waals surface area contributed by atoms with Crippen LogP contribution in [0.4, 0.5) is 14.9 Å². The Morgan fingerprint density at radius 2 is 1.67 bits per heavy atom. The minimum absolute atomic E-state index is 0.0511. The summed E-state index contributed by atoms with van der Waals surface area (Å²) in [6.45, 7) is 19.8. The number of aromatic nitrogens is 1. The van der Waals surface area contributed by atoms with Gasteiger partial charge in [-0.1, -0.05) is 26.0 Å². The lowest BCUT2D eigenvalue weighted by atomic mass is 9.87. The molecule has 3 aliphatic heterocycles. The number of hydrogen-bond acceptors (Lipinski definition) is 7. The second-order valence-corrected chi connectivity index (χ2v) is 15.0. The lowest BCUT2D eigenvalue weighted by Crippen LogP contribution is -2.65. The molecule has 0 radical (unpaired) electrons. The summed E-state index contributed by atoms with van der Waals surface area (Å²) in [6.07, 6.45) is 1.43. The molecule has 11 heteroatoms. The highest BCUT2D eigenvalue weighted by molar-refractivity contribution is 5.97. The lowest BCUT2D eigenvalue weighted by molar-refractivity contribution is -0.122. The summed E-state index contributed by atoms with van der Waals surface area (Å²) in [5, 5.41) is 0. The van der Waals surface area contributed by atoms with Crippen LogP contribution in [-0.2, 0) is 26.2 Å². The van der Waals surface area contributed by atoms with Crippen molar-refractivity contribution in [1.29, 1.82) is 0 Å². The first kappa shape index (κ1) is 34.1. The molecule has 10 nitrogen and oxygen atoms in total. The van der Waals surface area contributed by atoms with Gasteiger partial charge in [-0.2, -0.15) is 0 Å². The number of benzene rings is 1. The predicted molar refractivity (Wildman–Crippen MR) is 176 cm³/mol. The third-order valence-electron chi connectivity index (χ3n) is 9.44. The highest BCUT2D eigenvalue weighted by Gasteiger charge is 2.43. The zero-order chi connectivity index (χ0) is 33.6. The van der Waals surface area contributed by atoms with Gasteiger partial charge in [0.2, 0.25) is 5.91 Å². The van der Waals surface area contributed by atoms with Gasteiger partial charge >= 0.3 is 6.09 Å². The molecule has 4 heterocycles. The molecule has 0 aliphatic carbocycles. The summed E-state index contributed by atoms with van der Waals surface area (Å²) in [5.41, 5.74) is 1.19. The van der Waals surface area contributed by atoms with Crippen LogP contribution in [0.5, 0.6) is 0 Å². The molecule has 252 valence electrons. The molecule has 0 saturated carbocycles. The Hall–Kier alpha value is -3.28. The van der Waals surface area contributed by atoms with E-state index in [0.717, 1.165) is 16.8 Å². The maximum absolute atomic E-state index is 14.2. The molecule has 0 N–H and O–H groups in total. The van der Waals surface area contributed by atoms with E-state index in [0.29, 0.717) is 39.4 Å². The van der Waals surface area contributed by atoms with Gasteiger partial charge in [0.05, 0.1) is 32.0 Å². The van der Waals surface area contributed by atoms with Crippen LogP contribution in [-0.4, -0.2) is 107 Å². The van der Waals surface area contributed by atoms with Gasteiger partial charge in [-0.05, 0) is 64.8 Å². The first-order valence-electron chi connectivity index (χ1n) is 16.4. The third-order valence-corrected chi connectivity index (χ3v) is 9.44. The minimum atomic E-state index is -0.611. The van der Waals surface area contributed by atoms with Crippen LogP contribution in [0.3, 0.4) is 0 Å². The quantitative estimate of drug-likeness (QED) is 0.471. The van der Waals surface area contributed by atoms with Crippen molar-refractivity contribution in [1.82, 2.24) is 19.3 Å². The highest BCUT2D eigenvalue weighted by Crippen LogP contribution is 2.40. The van der Waals surface area contributed by atoms with Crippen LogP contribution in [0.25, 0.3) is 0 Å². The monoisotopic (exact) mass is 639 g/mol. The molecule has 5 rings (SSSR count). The van der Waals surface area contributed by atoms with E-state index in [1.54, 1.807) is 38.8 Å². The number of halogens is 1. The molecule has 0 spiro atoms. The Balaban J connectivity index is 1.40. The maximum atomic E-state index is 14.2. The van der Waals surface area contributed by atoms with Crippen molar-refractivity contribution in [2.45, 2.75) is 97.1 Å². The van der Waals surface area contributed by atoms with E-state index < -0.39 is 11.0 Å². The molecule has 46 heavy (non-hydrogen) atoms. The molecule has 2 aromatic rings. The topological polar surface area (TPSA) is 87.6 Å². The minimum Gasteiger partial charge on any atom is -0.444 e. The zero-order valence-corrected chi connectivity index (χ0v) is 28.6. The molecule has 2 saturated heterocycles. The van der Waals surface area contributed by atoms with Gasteiger partial charge in [-0.25, -0.2) is 9.18 Å². The van der Waals surface area contributed by atoms with E-state index in [9.17, 15) is 18.8 Å². The van der Waals surface area contributed by atoms with Crippen molar-refractivity contribution in [3.05, 3.63) is 63.8 Å². The average molecular weight is 640 g/mol. The summed E-state index contributed by atoms with van der Waals surface area (Å²) in [6, 6.07) is 7.89. The van der Waals surface area contributed by atoms with E-state index in [2.05, 4.69) is 37.5 Å². The van der Waals surface area contributed by atoms with Crippen molar-refractivity contribution in [2.24, 2.45) is 0 Å². The number of anilines is 1. The lowest BCUT2D eigenvalue weighted by Gasteiger charge is -2.48. The fourth-order valence-corrected chi connectivity index (χ4v) is 6.97. The molecule has 4 atom stereocenters. The summed E-state index contributed by atoms with van der Waals surface area (Å²) in [7, 11) is 0. The Labute approximate surface area is 272 Å². The molecular weight excluding hydrogens is 589 g/mol. The number of carbonyl (C=O) groups excluding carboxylic acids is 2. The third kappa shape index (κ3) is 7.47. The summed E-state index contributed by atoms with van der Waals surface area (Å²) >= 11 is 0. The summed E-state index contributed by atoms with van der Waals surface area (Å²) in [4.78, 5) is 48.9. The SMILES string of the molecule is C[C@@H]1CN(CC(=O)N2CC(C)(C)c3cc(=O)n(Cc4ccc(F)cc4)cc32)[C@@H](CN2[C@H](C)COC[C@H]2C)CN1C(=O)OC(C)(C)C. The number of piperazine rings is 1. The van der Waals surface area contributed by atoms with E-state index in [1.807, 2.05) is 27.7 Å². The van der Waals surface area contributed by atoms with Crippen molar-refractivity contribution in [2.75, 3.05) is 50.8 Å². The standard InChI is InChI=1S/C35H50FN5O5/c1-23-14-37(28(16-39-24(2)20-45-21-25(39)3)17-40(23)33(44)46-34(4,5)6)19-32(43)41-22-35(7,8)29-13-31(42)38(18-30(29)41)15-26-9-11-27(36)12-10-26/h9-13,18,23-25,28H,14-17,19-22H2,1-8H3/t23-,24-,25-,28+/m1/s1. The largest absolute Gasteiger partial charge is 0.444 e. The Morgan fingerprint density at radius 1 is 1.02 bits per heavy atom. The Morgan fingerprint density at radius 3 is 2.30 bits per heavy atom. The number of hydrogen-bond donors (Lipinski definition) is 0. The van der Waals surface area contributed by atoms with Gasteiger partial charge in [0.15, 0.2) is 0 Å². The number of fused-ring (bicyclic) bond motifs is 1. The number of morpholine rings is 1. The number of carbonyl (C=O) groups is 2. The zero-order valence-electron chi connectivity index (χ0n) is 28.6. The van der Waals surface area contributed by atoms with Crippen molar-refractivity contribution < 1.29 is 23.5 Å². The van der Waals surface area contributed by atoms with Crippen LogP contribution in [0, 0.1) is 5.82 Å². The summed E-state index contributed by atoms with van der Waals surface area (Å²) in [5.74, 6) is -0.384. The van der Waals surface area contributed by atoms with Crippen LogP contribution in [0.2, 0.25) is 0 Å². The maximum Gasteiger partial charge on any atom is 0.410 e. The van der Waals surface area contributed by atoms with Gasteiger partial charge in [-0.15, -0.1) is 0 Å². The molecule has 0 bridgehead atoms. The molecule has 2 fully saturated rings. The fraction of sp³-hybridized carbons (Fsp3) is 0.629. The second-order valence-electron chi connectivity index (χ2n) is 15.0. The van der Waals surface area contributed by atoms with E-state index in [1.165, 1.54) is 12.1 Å².